The molecule has 1 saturated heterocycles. The highest BCUT2D eigenvalue weighted by Crippen LogP contribution is 2.41. The Kier molecular flexibility index (Phi) is 4.03. The maximum Gasteiger partial charge on any atom is 0.325 e. The average Bonchev–Trinajstić information content (AvgIpc) is 3.32. The van der Waals surface area contributed by atoms with Crippen molar-refractivity contribution in [1.82, 2.24) is 15.5 Å². The van der Waals surface area contributed by atoms with Gasteiger partial charge < -0.3 is 10.6 Å². The Labute approximate surface area is 155 Å². The van der Waals surface area contributed by atoms with Crippen molar-refractivity contribution in [2.24, 2.45) is 0 Å². The molecule has 1 aliphatic heterocycles. The standard InChI is InChI=1S/C19H19N3O3S/c1-12(15-7-4-10-26-15)20-16(23)11-22-17(24)19(21-18(22)25)9-8-13-5-2-3-6-14(13)19/h2-7,10,12H,8-9,11H2,1H3,(H,20,23)(H,21,25)/t12-,19-/m1/s1. The Bertz CT molecular complexity index is 880. The molecule has 1 aromatic carbocycles. The lowest BCUT2D eigenvalue weighted by Gasteiger charge is -2.22. The maximum atomic E-state index is 13.0. The molecule has 1 fully saturated rings. The lowest BCUT2D eigenvalue weighted by atomic mass is 9.92. The third-order valence-electron chi connectivity index (χ3n) is 5.07. The third kappa shape index (κ3) is 2.59. The van der Waals surface area contributed by atoms with Crippen LogP contribution in [-0.4, -0.2) is 29.3 Å². The summed E-state index contributed by atoms with van der Waals surface area (Å²) in [6.07, 6.45) is 1.26. The predicted octanol–water partition coefficient (Wildman–Crippen LogP) is 2.32. The summed E-state index contributed by atoms with van der Waals surface area (Å²) >= 11 is 1.55. The number of urea groups is 1. The summed E-state index contributed by atoms with van der Waals surface area (Å²) in [6, 6.07) is 10.8. The van der Waals surface area contributed by atoms with E-state index in [2.05, 4.69) is 10.6 Å². The van der Waals surface area contributed by atoms with E-state index in [0.717, 1.165) is 27.3 Å². The first kappa shape index (κ1) is 16.8. The predicted molar refractivity (Wildman–Crippen MR) is 97.6 cm³/mol. The van der Waals surface area contributed by atoms with Crippen LogP contribution in [-0.2, 0) is 21.5 Å². The van der Waals surface area contributed by atoms with Gasteiger partial charge in [0.2, 0.25) is 5.91 Å². The lowest BCUT2D eigenvalue weighted by Crippen LogP contribution is -2.44. The molecule has 1 aromatic heterocycles. The first-order valence-corrected chi connectivity index (χ1v) is 9.44. The van der Waals surface area contributed by atoms with Crippen molar-refractivity contribution in [2.45, 2.75) is 31.3 Å². The molecule has 0 unspecified atom stereocenters. The Hall–Kier alpha value is -2.67. The van der Waals surface area contributed by atoms with Gasteiger partial charge in [0.25, 0.3) is 5.91 Å². The molecule has 0 radical (unpaired) electrons. The van der Waals surface area contributed by atoms with Crippen molar-refractivity contribution in [1.29, 1.82) is 0 Å². The molecule has 1 spiro atoms. The minimum atomic E-state index is -1.02. The minimum absolute atomic E-state index is 0.163. The van der Waals surface area contributed by atoms with Crippen LogP contribution in [0.2, 0.25) is 0 Å². The normalized spacial score (nSPS) is 22.4. The smallest absolute Gasteiger partial charge is 0.325 e. The van der Waals surface area contributed by atoms with Gasteiger partial charge in [0, 0.05) is 4.88 Å². The number of fused-ring (bicyclic) bond motifs is 2. The van der Waals surface area contributed by atoms with Crippen LogP contribution >= 0.6 is 11.3 Å². The number of rotatable bonds is 4. The fourth-order valence-electron chi connectivity index (χ4n) is 3.77. The minimum Gasteiger partial charge on any atom is -0.347 e. The van der Waals surface area contributed by atoms with E-state index in [0.29, 0.717) is 6.42 Å². The quantitative estimate of drug-likeness (QED) is 0.812. The number of thiophene rings is 1. The van der Waals surface area contributed by atoms with Crippen molar-refractivity contribution in [3.63, 3.8) is 0 Å². The molecule has 26 heavy (non-hydrogen) atoms. The van der Waals surface area contributed by atoms with Crippen molar-refractivity contribution < 1.29 is 14.4 Å². The summed E-state index contributed by atoms with van der Waals surface area (Å²) in [5.41, 5.74) is 0.889. The van der Waals surface area contributed by atoms with Gasteiger partial charge in [0.1, 0.15) is 12.1 Å². The van der Waals surface area contributed by atoms with Gasteiger partial charge in [-0.25, -0.2) is 4.79 Å². The molecule has 1 aliphatic carbocycles. The van der Waals surface area contributed by atoms with Crippen LogP contribution in [0.15, 0.2) is 41.8 Å². The number of aryl methyl sites for hydroxylation is 1. The van der Waals surface area contributed by atoms with Crippen LogP contribution in [0, 0.1) is 0 Å². The molecule has 0 saturated carbocycles. The van der Waals surface area contributed by atoms with Crippen molar-refractivity contribution in [2.75, 3.05) is 6.54 Å². The molecule has 2 N–H and O–H groups in total. The third-order valence-corrected chi connectivity index (χ3v) is 6.13. The first-order chi connectivity index (χ1) is 12.5. The molecule has 0 bridgehead atoms. The summed E-state index contributed by atoms with van der Waals surface area (Å²) in [5, 5.41) is 7.62. The zero-order chi connectivity index (χ0) is 18.3. The second kappa shape index (κ2) is 6.25. The Morgan fingerprint density at radius 3 is 2.88 bits per heavy atom. The Morgan fingerprint density at radius 2 is 2.12 bits per heavy atom. The number of hydrogen-bond donors (Lipinski definition) is 2. The van der Waals surface area contributed by atoms with E-state index in [4.69, 9.17) is 0 Å². The Balaban J connectivity index is 1.49. The summed E-state index contributed by atoms with van der Waals surface area (Å²) in [6.45, 7) is 1.61. The number of nitrogens with zero attached hydrogens (tertiary/aromatic N) is 1. The highest BCUT2D eigenvalue weighted by Gasteiger charge is 2.55. The van der Waals surface area contributed by atoms with Gasteiger partial charge in [-0.1, -0.05) is 30.3 Å². The summed E-state index contributed by atoms with van der Waals surface area (Å²) in [7, 11) is 0. The fourth-order valence-corrected chi connectivity index (χ4v) is 4.51. The zero-order valence-corrected chi connectivity index (χ0v) is 15.1. The van der Waals surface area contributed by atoms with Gasteiger partial charge in [-0.05, 0) is 42.3 Å². The van der Waals surface area contributed by atoms with Gasteiger partial charge in [-0.15, -0.1) is 11.3 Å². The molecule has 2 heterocycles. The van der Waals surface area contributed by atoms with E-state index in [1.165, 1.54) is 0 Å². The molecular weight excluding hydrogens is 350 g/mol. The topological polar surface area (TPSA) is 78.5 Å². The van der Waals surface area contributed by atoms with E-state index in [-0.39, 0.29) is 24.4 Å². The Morgan fingerprint density at radius 1 is 1.31 bits per heavy atom. The number of carbonyl (C=O) groups excluding carboxylic acids is 3. The number of hydrogen-bond acceptors (Lipinski definition) is 4. The van der Waals surface area contributed by atoms with E-state index in [9.17, 15) is 14.4 Å². The second-order valence-electron chi connectivity index (χ2n) is 6.69. The van der Waals surface area contributed by atoms with Gasteiger partial charge in [0.05, 0.1) is 6.04 Å². The molecule has 6 nitrogen and oxygen atoms in total. The van der Waals surface area contributed by atoms with E-state index in [1.807, 2.05) is 48.7 Å². The number of carbonyl (C=O) groups is 3. The van der Waals surface area contributed by atoms with Crippen molar-refractivity contribution in [3.8, 4) is 0 Å². The zero-order valence-electron chi connectivity index (χ0n) is 14.3. The highest BCUT2D eigenvalue weighted by atomic mass is 32.1. The number of nitrogens with one attached hydrogen (secondary N) is 2. The highest BCUT2D eigenvalue weighted by molar-refractivity contribution is 7.10. The molecule has 4 rings (SSSR count). The van der Waals surface area contributed by atoms with Crippen LogP contribution in [0.4, 0.5) is 4.79 Å². The molecule has 2 atom stereocenters. The van der Waals surface area contributed by atoms with E-state index < -0.39 is 11.6 Å². The van der Waals surface area contributed by atoms with E-state index in [1.54, 1.807) is 11.3 Å². The second-order valence-corrected chi connectivity index (χ2v) is 7.67. The average molecular weight is 369 g/mol. The molecule has 2 aromatic rings. The van der Waals surface area contributed by atoms with Crippen LogP contribution in [0.3, 0.4) is 0 Å². The fraction of sp³-hybridized carbons (Fsp3) is 0.316. The van der Waals surface area contributed by atoms with Crippen LogP contribution in [0.5, 0.6) is 0 Å². The molecule has 7 heteroatoms. The van der Waals surface area contributed by atoms with Crippen LogP contribution in [0.25, 0.3) is 0 Å². The monoisotopic (exact) mass is 369 g/mol. The summed E-state index contributed by atoms with van der Waals surface area (Å²) in [5.74, 6) is -0.691. The number of amides is 4. The lowest BCUT2D eigenvalue weighted by molar-refractivity contribution is -0.135. The van der Waals surface area contributed by atoms with Gasteiger partial charge >= 0.3 is 6.03 Å². The molecule has 2 aliphatic rings. The van der Waals surface area contributed by atoms with Crippen molar-refractivity contribution in [3.05, 3.63) is 57.8 Å². The van der Waals surface area contributed by atoms with Gasteiger partial charge in [-0.2, -0.15) is 0 Å². The SMILES string of the molecule is C[C@@H](NC(=O)CN1C(=O)N[C@@]2(CCc3ccccc32)C1=O)c1cccs1. The van der Waals surface area contributed by atoms with Crippen LogP contribution < -0.4 is 10.6 Å². The molecule has 4 amide bonds. The van der Waals surface area contributed by atoms with Gasteiger partial charge in [0.15, 0.2) is 0 Å². The van der Waals surface area contributed by atoms with Crippen molar-refractivity contribution >= 4 is 29.2 Å². The largest absolute Gasteiger partial charge is 0.347 e. The van der Waals surface area contributed by atoms with Gasteiger partial charge in [-0.3, -0.25) is 14.5 Å². The number of benzene rings is 1. The van der Waals surface area contributed by atoms with Crippen LogP contribution in [0.1, 0.15) is 35.4 Å². The molecule has 134 valence electrons. The maximum absolute atomic E-state index is 13.0. The molecular formula is C19H19N3O3S. The number of imide groups is 1. The van der Waals surface area contributed by atoms with E-state index >= 15 is 0 Å². The first-order valence-electron chi connectivity index (χ1n) is 8.56. The summed E-state index contributed by atoms with van der Waals surface area (Å²) in [4.78, 5) is 39.9. The summed E-state index contributed by atoms with van der Waals surface area (Å²) < 4.78 is 0.